The molecular weight excluding hydrogens is 277 g/mol. The van der Waals surface area contributed by atoms with Crippen LogP contribution in [0.4, 0.5) is 9.52 Å². The molecule has 1 N–H and O–H groups in total. The molecule has 0 radical (unpaired) electrons. The number of carbonyl (C=O) groups is 1. The highest BCUT2D eigenvalue weighted by Crippen LogP contribution is 2.27. The van der Waals surface area contributed by atoms with Crippen molar-refractivity contribution in [3.8, 4) is 0 Å². The quantitative estimate of drug-likeness (QED) is 0.946. The lowest BCUT2D eigenvalue weighted by Crippen LogP contribution is -2.39. The molecule has 1 atom stereocenters. The molecule has 6 heteroatoms. The topological polar surface area (TPSA) is 45.2 Å². The number of nitrogens with zero attached hydrogens (tertiary/aromatic N) is 2. The lowest BCUT2D eigenvalue weighted by molar-refractivity contribution is -0.130. The second kappa shape index (κ2) is 5.36. The molecule has 1 fully saturated rings. The minimum atomic E-state index is -0.307. The molecule has 1 amide bonds. The highest BCUT2D eigenvalue weighted by molar-refractivity contribution is 7.22. The normalized spacial score (nSPS) is 16.6. The van der Waals surface area contributed by atoms with Gasteiger partial charge in [0.05, 0.1) is 10.2 Å². The van der Waals surface area contributed by atoms with E-state index in [2.05, 4.69) is 10.3 Å². The van der Waals surface area contributed by atoms with Crippen LogP contribution in [0.1, 0.15) is 19.8 Å². The SMILES string of the molecule is CC(Nc1nc2ccc(F)cc2s1)C(=O)N1CCCC1. The third kappa shape index (κ3) is 2.60. The molecule has 0 saturated carbocycles. The smallest absolute Gasteiger partial charge is 0.244 e. The predicted molar refractivity (Wildman–Crippen MR) is 78.5 cm³/mol. The van der Waals surface area contributed by atoms with Gasteiger partial charge in [0.1, 0.15) is 11.9 Å². The van der Waals surface area contributed by atoms with E-state index in [1.54, 1.807) is 6.07 Å². The number of fused-ring (bicyclic) bond motifs is 1. The van der Waals surface area contributed by atoms with E-state index in [0.717, 1.165) is 36.1 Å². The van der Waals surface area contributed by atoms with Crippen molar-refractivity contribution in [2.45, 2.75) is 25.8 Å². The molecule has 20 heavy (non-hydrogen) atoms. The third-order valence-electron chi connectivity index (χ3n) is 3.48. The second-order valence-corrected chi connectivity index (χ2v) is 6.06. The maximum Gasteiger partial charge on any atom is 0.244 e. The Morgan fingerprint density at radius 3 is 2.95 bits per heavy atom. The lowest BCUT2D eigenvalue weighted by atomic mass is 10.3. The Kier molecular flexibility index (Phi) is 3.56. The summed E-state index contributed by atoms with van der Waals surface area (Å²) in [5, 5.41) is 3.78. The van der Waals surface area contributed by atoms with Gasteiger partial charge in [-0.15, -0.1) is 0 Å². The first kappa shape index (κ1) is 13.3. The van der Waals surface area contributed by atoms with Gasteiger partial charge < -0.3 is 10.2 Å². The fourth-order valence-electron chi connectivity index (χ4n) is 2.42. The minimum Gasteiger partial charge on any atom is -0.350 e. The molecule has 4 nitrogen and oxygen atoms in total. The lowest BCUT2D eigenvalue weighted by Gasteiger charge is -2.20. The van der Waals surface area contributed by atoms with E-state index in [1.807, 2.05) is 11.8 Å². The van der Waals surface area contributed by atoms with Crippen LogP contribution in [0, 0.1) is 5.82 Å². The molecule has 1 unspecified atom stereocenters. The van der Waals surface area contributed by atoms with Crippen LogP contribution in [0.3, 0.4) is 0 Å². The number of rotatable bonds is 3. The fraction of sp³-hybridized carbons (Fsp3) is 0.429. The zero-order chi connectivity index (χ0) is 14.1. The van der Waals surface area contributed by atoms with Crippen LogP contribution in [0.2, 0.25) is 0 Å². The first-order valence-corrected chi connectivity index (χ1v) is 7.56. The number of halogens is 1. The summed E-state index contributed by atoms with van der Waals surface area (Å²) in [7, 11) is 0. The zero-order valence-electron chi connectivity index (χ0n) is 11.2. The van der Waals surface area contributed by atoms with Crippen molar-refractivity contribution >= 4 is 32.6 Å². The molecule has 3 rings (SSSR count). The summed E-state index contributed by atoms with van der Waals surface area (Å²) in [6.07, 6.45) is 2.16. The molecule has 1 aliphatic heterocycles. The average molecular weight is 293 g/mol. The largest absolute Gasteiger partial charge is 0.350 e. The monoisotopic (exact) mass is 293 g/mol. The van der Waals surface area contributed by atoms with Gasteiger partial charge in [-0.3, -0.25) is 4.79 Å². The van der Waals surface area contributed by atoms with Crippen molar-refractivity contribution in [1.82, 2.24) is 9.88 Å². The van der Waals surface area contributed by atoms with Crippen molar-refractivity contribution in [2.75, 3.05) is 18.4 Å². The van der Waals surface area contributed by atoms with Gasteiger partial charge in [0.2, 0.25) is 5.91 Å². The molecule has 0 aliphatic carbocycles. The third-order valence-corrected chi connectivity index (χ3v) is 4.43. The van der Waals surface area contributed by atoms with Gasteiger partial charge in [-0.1, -0.05) is 11.3 Å². The van der Waals surface area contributed by atoms with E-state index in [0.29, 0.717) is 5.13 Å². The Labute approximate surface area is 120 Å². The number of amides is 1. The fourth-order valence-corrected chi connectivity index (χ4v) is 3.40. The van der Waals surface area contributed by atoms with E-state index in [9.17, 15) is 9.18 Å². The molecule has 1 aromatic heterocycles. The van der Waals surface area contributed by atoms with Crippen molar-refractivity contribution in [3.05, 3.63) is 24.0 Å². The first-order valence-electron chi connectivity index (χ1n) is 6.75. The van der Waals surface area contributed by atoms with Crippen LogP contribution in [0.25, 0.3) is 10.2 Å². The minimum absolute atomic E-state index is 0.105. The summed E-state index contributed by atoms with van der Waals surface area (Å²) in [5.74, 6) is -0.165. The van der Waals surface area contributed by atoms with Crippen LogP contribution in [0.15, 0.2) is 18.2 Å². The molecule has 2 heterocycles. The van der Waals surface area contributed by atoms with Gasteiger partial charge in [-0.2, -0.15) is 0 Å². The highest BCUT2D eigenvalue weighted by atomic mass is 32.1. The maximum absolute atomic E-state index is 13.1. The number of nitrogens with one attached hydrogen (secondary N) is 1. The maximum atomic E-state index is 13.1. The summed E-state index contributed by atoms with van der Waals surface area (Å²) in [4.78, 5) is 18.5. The number of thiazole rings is 1. The molecule has 1 saturated heterocycles. The first-order chi connectivity index (χ1) is 9.63. The number of benzene rings is 1. The van der Waals surface area contributed by atoms with Crippen LogP contribution in [-0.2, 0) is 4.79 Å². The molecule has 0 spiro atoms. The number of aromatic nitrogens is 1. The van der Waals surface area contributed by atoms with Crippen molar-refractivity contribution < 1.29 is 9.18 Å². The predicted octanol–water partition coefficient (Wildman–Crippen LogP) is 2.86. The number of likely N-dealkylation sites (tertiary alicyclic amines) is 1. The van der Waals surface area contributed by atoms with Gasteiger partial charge in [-0.05, 0) is 38.0 Å². The van der Waals surface area contributed by atoms with E-state index in [1.165, 1.54) is 23.5 Å². The Bertz CT molecular complexity index is 636. The van der Waals surface area contributed by atoms with E-state index < -0.39 is 0 Å². The van der Waals surface area contributed by atoms with Crippen molar-refractivity contribution in [1.29, 1.82) is 0 Å². The van der Waals surface area contributed by atoms with Crippen LogP contribution in [0.5, 0.6) is 0 Å². The Hall–Kier alpha value is -1.69. The number of anilines is 1. The van der Waals surface area contributed by atoms with Crippen LogP contribution in [-0.4, -0.2) is 34.9 Å². The highest BCUT2D eigenvalue weighted by Gasteiger charge is 2.23. The summed E-state index contributed by atoms with van der Waals surface area (Å²) in [5.41, 5.74) is 0.750. The van der Waals surface area contributed by atoms with Gasteiger partial charge in [-0.25, -0.2) is 9.37 Å². The average Bonchev–Trinajstić information content (AvgIpc) is 3.05. The Morgan fingerprint density at radius 1 is 1.45 bits per heavy atom. The summed E-state index contributed by atoms with van der Waals surface area (Å²) in [6, 6.07) is 4.20. The van der Waals surface area contributed by atoms with E-state index in [4.69, 9.17) is 0 Å². The molecule has 0 bridgehead atoms. The summed E-state index contributed by atoms with van der Waals surface area (Å²) >= 11 is 1.37. The van der Waals surface area contributed by atoms with E-state index >= 15 is 0 Å². The van der Waals surface area contributed by atoms with Crippen molar-refractivity contribution in [3.63, 3.8) is 0 Å². The zero-order valence-corrected chi connectivity index (χ0v) is 12.0. The molecule has 1 aliphatic rings. The molecular formula is C14H16FN3OS. The summed E-state index contributed by atoms with van der Waals surface area (Å²) < 4.78 is 13.9. The van der Waals surface area contributed by atoms with Gasteiger partial charge in [0.25, 0.3) is 0 Å². The van der Waals surface area contributed by atoms with Crippen molar-refractivity contribution in [2.24, 2.45) is 0 Å². The van der Waals surface area contributed by atoms with Gasteiger partial charge in [0, 0.05) is 13.1 Å². The van der Waals surface area contributed by atoms with E-state index in [-0.39, 0.29) is 17.8 Å². The second-order valence-electron chi connectivity index (χ2n) is 5.03. The molecule has 1 aromatic carbocycles. The molecule has 2 aromatic rings. The van der Waals surface area contributed by atoms with Gasteiger partial charge >= 0.3 is 0 Å². The molecule has 106 valence electrons. The standard InChI is InChI=1S/C14H16FN3OS/c1-9(13(19)18-6-2-3-7-18)16-14-17-11-5-4-10(15)8-12(11)20-14/h4-5,8-9H,2-3,6-7H2,1H3,(H,16,17). The number of carbonyl (C=O) groups excluding carboxylic acids is 1. The Balaban J connectivity index is 1.73. The van der Waals surface area contributed by atoms with Gasteiger partial charge in [0.15, 0.2) is 5.13 Å². The van der Waals surface area contributed by atoms with Crippen LogP contribution < -0.4 is 5.32 Å². The number of hydrogen-bond donors (Lipinski definition) is 1. The summed E-state index contributed by atoms with van der Waals surface area (Å²) in [6.45, 7) is 3.53. The number of hydrogen-bond acceptors (Lipinski definition) is 4. The Morgan fingerprint density at radius 2 is 2.20 bits per heavy atom. The van der Waals surface area contributed by atoms with Crippen LogP contribution >= 0.6 is 11.3 Å².